The third kappa shape index (κ3) is 2.27. The highest BCUT2D eigenvalue weighted by Gasteiger charge is 2.19. The van der Waals surface area contributed by atoms with E-state index in [4.69, 9.17) is 0 Å². The van der Waals surface area contributed by atoms with Gasteiger partial charge in [-0.3, -0.25) is 9.88 Å². The first-order chi connectivity index (χ1) is 6.36. The molecule has 1 atom stereocenters. The molecular weight excluding hydrogens is 182 g/mol. The highest BCUT2D eigenvalue weighted by atomic mass is 32.1. The number of nitrogens with one attached hydrogen (secondary N) is 1. The van der Waals surface area contributed by atoms with Crippen LogP contribution in [0.2, 0.25) is 0 Å². The van der Waals surface area contributed by atoms with E-state index in [1.54, 1.807) is 11.3 Å². The summed E-state index contributed by atoms with van der Waals surface area (Å²) in [5.74, 6) is 0. The van der Waals surface area contributed by atoms with Crippen LogP contribution < -0.4 is 5.32 Å². The molecule has 2 rings (SSSR count). The molecule has 1 unspecified atom stereocenters. The van der Waals surface area contributed by atoms with E-state index in [1.165, 1.54) is 11.3 Å². The fourth-order valence-electron chi connectivity index (χ4n) is 1.71. The fraction of sp³-hybridized carbons (Fsp3) is 0.667. The fourth-order valence-corrected chi connectivity index (χ4v) is 2.37. The molecule has 0 spiro atoms. The molecule has 13 heavy (non-hydrogen) atoms. The van der Waals surface area contributed by atoms with Gasteiger partial charge in [0.05, 0.1) is 5.51 Å². The van der Waals surface area contributed by atoms with Crippen molar-refractivity contribution in [1.29, 1.82) is 0 Å². The Kier molecular flexibility index (Phi) is 2.93. The van der Waals surface area contributed by atoms with Gasteiger partial charge in [0, 0.05) is 30.2 Å². The monoisotopic (exact) mass is 197 g/mol. The lowest BCUT2D eigenvalue weighted by Gasteiger charge is -2.22. The Morgan fingerprint density at radius 2 is 2.69 bits per heavy atom. The number of aromatic nitrogens is 1. The van der Waals surface area contributed by atoms with E-state index in [-0.39, 0.29) is 0 Å². The van der Waals surface area contributed by atoms with Gasteiger partial charge < -0.3 is 5.32 Å². The van der Waals surface area contributed by atoms with Crippen LogP contribution in [0.4, 0.5) is 0 Å². The molecule has 0 radical (unpaired) electrons. The summed E-state index contributed by atoms with van der Waals surface area (Å²) in [6, 6.07) is 0.710. The minimum atomic E-state index is 0.710. The predicted molar refractivity (Wildman–Crippen MR) is 54.9 cm³/mol. The van der Waals surface area contributed by atoms with Gasteiger partial charge in [0.25, 0.3) is 0 Å². The van der Waals surface area contributed by atoms with Gasteiger partial charge in [-0.1, -0.05) is 0 Å². The average molecular weight is 197 g/mol. The Morgan fingerprint density at radius 3 is 3.31 bits per heavy atom. The first kappa shape index (κ1) is 9.12. The molecule has 0 aliphatic carbocycles. The molecule has 1 fully saturated rings. The van der Waals surface area contributed by atoms with Crippen LogP contribution in [0.25, 0.3) is 0 Å². The molecule has 0 amide bonds. The van der Waals surface area contributed by atoms with Crippen LogP contribution in [0, 0.1) is 0 Å². The second-order valence-electron chi connectivity index (χ2n) is 3.53. The second-order valence-corrected chi connectivity index (χ2v) is 4.50. The van der Waals surface area contributed by atoms with Gasteiger partial charge in [0.15, 0.2) is 0 Å². The first-order valence-corrected chi connectivity index (χ1v) is 5.52. The Balaban J connectivity index is 1.87. The van der Waals surface area contributed by atoms with E-state index in [2.05, 4.69) is 22.2 Å². The SMILES string of the molecule is CN(Cc1cncs1)C1CCNC1. The molecule has 1 aliphatic rings. The Bertz CT molecular complexity index is 241. The lowest BCUT2D eigenvalue weighted by atomic mass is 10.2. The molecule has 1 aromatic heterocycles. The van der Waals surface area contributed by atoms with Crippen LogP contribution in [0.5, 0.6) is 0 Å². The van der Waals surface area contributed by atoms with Crippen LogP contribution in [-0.4, -0.2) is 36.1 Å². The van der Waals surface area contributed by atoms with Crippen molar-refractivity contribution in [2.75, 3.05) is 20.1 Å². The second kappa shape index (κ2) is 4.17. The van der Waals surface area contributed by atoms with E-state index in [0.717, 1.165) is 19.6 Å². The van der Waals surface area contributed by atoms with Gasteiger partial charge in [-0.25, -0.2) is 0 Å². The number of nitrogens with zero attached hydrogens (tertiary/aromatic N) is 2. The van der Waals surface area contributed by atoms with Crippen molar-refractivity contribution in [3.05, 3.63) is 16.6 Å². The molecule has 2 heterocycles. The molecule has 3 nitrogen and oxygen atoms in total. The largest absolute Gasteiger partial charge is 0.315 e. The summed E-state index contributed by atoms with van der Waals surface area (Å²) < 4.78 is 0. The van der Waals surface area contributed by atoms with Gasteiger partial charge >= 0.3 is 0 Å². The summed E-state index contributed by atoms with van der Waals surface area (Å²) in [5, 5.41) is 3.38. The maximum Gasteiger partial charge on any atom is 0.0794 e. The lowest BCUT2D eigenvalue weighted by Crippen LogP contribution is -2.32. The Labute approximate surface area is 82.8 Å². The van der Waals surface area contributed by atoms with E-state index in [1.807, 2.05) is 11.7 Å². The van der Waals surface area contributed by atoms with E-state index < -0.39 is 0 Å². The number of thiazole rings is 1. The summed E-state index contributed by atoms with van der Waals surface area (Å²) in [5.41, 5.74) is 1.90. The average Bonchev–Trinajstić information content (AvgIpc) is 2.74. The normalized spacial score (nSPS) is 22.8. The highest BCUT2D eigenvalue weighted by Crippen LogP contribution is 2.13. The van der Waals surface area contributed by atoms with E-state index in [9.17, 15) is 0 Å². The van der Waals surface area contributed by atoms with Crippen molar-refractivity contribution in [2.24, 2.45) is 0 Å². The number of likely N-dealkylation sites (N-methyl/N-ethyl adjacent to an activating group) is 1. The molecule has 1 saturated heterocycles. The Morgan fingerprint density at radius 1 is 1.77 bits per heavy atom. The maximum absolute atomic E-state index is 4.08. The zero-order valence-corrected chi connectivity index (χ0v) is 8.68. The molecule has 0 saturated carbocycles. The van der Waals surface area contributed by atoms with Crippen LogP contribution in [0.1, 0.15) is 11.3 Å². The van der Waals surface area contributed by atoms with Crippen LogP contribution in [-0.2, 0) is 6.54 Å². The quantitative estimate of drug-likeness (QED) is 0.781. The lowest BCUT2D eigenvalue weighted by molar-refractivity contribution is 0.251. The number of rotatable bonds is 3. The third-order valence-corrected chi connectivity index (χ3v) is 3.31. The molecule has 1 aliphatic heterocycles. The number of hydrogen-bond donors (Lipinski definition) is 1. The van der Waals surface area contributed by atoms with Crippen LogP contribution in [0.15, 0.2) is 11.7 Å². The van der Waals surface area contributed by atoms with Gasteiger partial charge in [-0.15, -0.1) is 11.3 Å². The molecule has 0 bridgehead atoms. The van der Waals surface area contributed by atoms with E-state index in [0.29, 0.717) is 6.04 Å². The summed E-state index contributed by atoms with van der Waals surface area (Å²) in [6.07, 6.45) is 3.23. The summed E-state index contributed by atoms with van der Waals surface area (Å²) >= 11 is 1.74. The zero-order chi connectivity index (χ0) is 9.10. The van der Waals surface area contributed by atoms with Gasteiger partial charge in [-0.2, -0.15) is 0 Å². The van der Waals surface area contributed by atoms with Gasteiger partial charge in [-0.05, 0) is 20.0 Å². The Hall–Kier alpha value is -0.450. The van der Waals surface area contributed by atoms with Crippen molar-refractivity contribution >= 4 is 11.3 Å². The standard InChI is InChI=1S/C9H15N3S/c1-12(8-2-3-10-4-8)6-9-5-11-7-13-9/h5,7-8,10H,2-4,6H2,1H3. The van der Waals surface area contributed by atoms with Gasteiger partial charge in [0.1, 0.15) is 0 Å². The minimum absolute atomic E-state index is 0.710. The smallest absolute Gasteiger partial charge is 0.0794 e. The van der Waals surface area contributed by atoms with Crippen LogP contribution >= 0.6 is 11.3 Å². The molecular formula is C9H15N3S. The topological polar surface area (TPSA) is 28.2 Å². The molecule has 72 valence electrons. The molecule has 4 heteroatoms. The molecule has 1 aromatic rings. The maximum atomic E-state index is 4.08. The summed E-state index contributed by atoms with van der Waals surface area (Å²) in [4.78, 5) is 7.84. The zero-order valence-electron chi connectivity index (χ0n) is 7.86. The summed E-state index contributed by atoms with van der Waals surface area (Å²) in [7, 11) is 2.19. The third-order valence-electron chi connectivity index (χ3n) is 2.55. The molecule has 1 N–H and O–H groups in total. The van der Waals surface area contributed by atoms with Crippen LogP contribution in [0.3, 0.4) is 0 Å². The van der Waals surface area contributed by atoms with Gasteiger partial charge in [0.2, 0.25) is 0 Å². The first-order valence-electron chi connectivity index (χ1n) is 4.64. The van der Waals surface area contributed by atoms with Crippen molar-refractivity contribution in [3.63, 3.8) is 0 Å². The van der Waals surface area contributed by atoms with E-state index >= 15 is 0 Å². The number of hydrogen-bond acceptors (Lipinski definition) is 4. The van der Waals surface area contributed by atoms with Crippen molar-refractivity contribution in [3.8, 4) is 0 Å². The molecule has 0 aromatic carbocycles. The highest BCUT2D eigenvalue weighted by molar-refractivity contribution is 7.09. The van der Waals surface area contributed by atoms with Crippen molar-refractivity contribution < 1.29 is 0 Å². The predicted octanol–water partition coefficient (Wildman–Crippen LogP) is 0.937. The summed E-state index contributed by atoms with van der Waals surface area (Å²) in [6.45, 7) is 3.34. The minimum Gasteiger partial charge on any atom is -0.315 e. The van der Waals surface area contributed by atoms with Crippen molar-refractivity contribution in [2.45, 2.75) is 19.0 Å². The van der Waals surface area contributed by atoms with Crippen molar-refractivity contribution in [1.82, 2.24) is 15.2 Å².